The second-order valence-corrected chi connectivity index (χ2v) is 3.64. The Hall–Kier alpha value is -0.730. The van der Waals surface area contributed by atoms with Crippen molar-refractivity contribution in [3.63, 3.8) is 0 Å². The van der Waals surface area contributed by atoms with Gasteiger partial charge >= 0.3 is 6.09 Å². The number of carbonyl (C=O) groups excluding carboxylic acids is 1. The van der Waals surface area contributed by atoms with Gasteiger partial charge in [-0.05, 0) is 24.7 Å². The van der Waals surface area contributed by atoms with Crippen LogP contribution in [-0.2, 0) is 4.74 Å². The smallest absolute Gasteiger partial charge is 0.409 e. The van der Waals surface area contributed by atoms with Gasteiger partial charge in [0.15, 0.2) is 0 Å². The molecule has 1 amide bonds. The van der Waals surface area contributed by atoms with Crippen molar-refractivity contribution in [1.82, 2.24) is 4.90 Å². The molecule has 1 saturated heterocycles. The molecule has 0 N–H and O–H groups in total. The molecule has 0 atom stereocenters. The van der Waals surface area contributed by atoms with Crippen molar-refractivity contribution in [2.75, 3.05) is 20.2 Å². The molecule has 3 heteroatoms. The third-order valence-corrected chi connectivity index (χ3v) is 2.83. The van der Waals surface area contributed by atoms with Crippen LogP contribution in [0.4, 0.5) is 4.79 Å². The number of hydrogen-bond donors (Lipinski definition) is 0. The van der Waals surface area contributed by atoms with Crippen molar-refractivity contribution in [1.29, 1.82) is 0 Å². The van der Waals surface area contributed by atoms with Gasteiger partial charge < -0.3 is 9.64 Å². The largest absolute Gasteiger partial charge is 0.453 e. The van der Waals surface area contributed by atoms with Crippen LogP contribution in [0.3, 0.4) is 0 Å². The minimum atomic E-state index is -0.159. The van der Waals surface area contributed by atoms with Gasteiger partial charge in [-0.15, -0.1) is 0 Å². The second-order valence-electron chi connectivity index (χ2n) is 3.64. The third kappa shape index (κ3) is 1.08. The van der Waals surface area contributed by atoms with E-state index in [1.165, 1.54) is 26.4 Å². The highest BCUT2D eigenvalue weighted by atomic mass is 16.5. The molecule has 62 valence electrons. The number of likely N-dealkylation sites (tertiary alicyclic amines) is 1. The van der Waals surface area contributed by atoms with Gasteiger partial charge in [-0.25, -0.2) is 4.79 Å². The molecule has 0 bridgehead atoms. The maximum Gasteiger partial charge on any atom is 0.409 e. The normalized spacial score (nSPS) is 25.7. The number of ether oxygens (including phenoxy) is 1. The lowest BCUT2D eigenvalue weighted by molar-refractivity contribution is 0.131. The fourth-order valence-electron chi connectivity index (χ4n) is 1.80. The van der Waals surface area contributed by atoms with E-state index in [0.717, 1.165) is 13.1 Å². The van der Waals surface area contributed by atoms with E-state index in [4.69, 9.17) is 0 Å². The summed E-state index contributed by atoms with van der Waals surface area (Å²) in [5.74, 6) is 0. The van der Waals surface area contributed by atoms with Gasteiger partial charge in [-0.1, -0.05) is 0 Å². The molecule has 1 spiro atoms. The molecule has 0 aromatic rings. The van der Waals surface area contributed by atoms with E-state index in [1.807, 2.05) is 4.90 Å². The van der Waals surface area contributed by atoms with E-state index >= 15 is 0 Å². The second kappa shape index (κ2) is 2.13. The van der Waals surface area contributed by atoms with E-state index in [9.17, 15) is 4.79 Å². The summed E-state index contributed by atoms with van der Waals surface area (Å²) in [6.45, 7) is 1.83. The topological polar surface area (TPSA) is 29.5 Å². The highest BCUT2D eigenvalue weighted by Crippen LogP contribution is 2.52. The lowest BCUT2D eigenvalue weighted by Gasteiger charge is -2.13. The Balaban J connectivity index is 1.94. The molecular weight excluding hydrogens is 142 g/mol. The van der Waals surface area contributed by atoms with Crippen molar-refractivity contribution in [3.8, 4) is 0 Å². The first-order valence-electron chi connectivity index (χ1n) is 4.09. The Labute approximate surface area is 66.3 Å². The highest BCUT2D eigenvalue weighted by Gasteiger charge is 2.49. The van der Waals surface area contributed by atoms with E-state index in [1.54, 1.807) is 0 Å². The van der Waals surface area contributed by atoms with Crippen LogP contribution >= 0.6 is 0 Å². The van der Waals surface area contributed by atoms with Crippen molar-refractivity contribution in [2.24, 2.45) is 5.41 Å². The number of carbonyl (C=O) groups is 1. The molecule has 0 unspecified atom stereocenters. The molecule has 1 heterocycles. The van der Waals surface area contributed by atoms with E-state index in [0.29, 0.717) is 5.41 Å². The summed E-state index contributed by atoms with van der Waals surface area (Å²) in [6, 6.07) is 0. The first kappa shape index (κ1) is 6.95. The monoisotopic (exact) mass is 155 g/mol. The minimum absolute atomic E-state index is 0.159. The Morgan fingerprint density at radius 1 is 1.45 bits per heavy atom. The van der Waals surface area contributed by atoms with Gasteiger partial charge in [-0.3, -0.25) is 0 Å². The number of nitrogens with zero attached hydrogens (tertiary/aromatic N) is 1. The standard InChI is InChI=1S/C8H13NO2/c1-11-7(10)9-5-4-8(6-9)2-3-8/h2-6H2,1H3. The Morgan fingerprint density at radius 3 is 2.64 bits per heavy atom. The molecule has 3 nitrogen and oxygen atoms in total. The molecule has 11 heavy (non-hydrogen) atoms. The Bertz CT molecular complexity index is 187. The summed E-state index contributed by atoms with van der Waals surface area (Å²) in [4.78, 5) is 12.8. The molecule has 2 fully saturated rings. The maximum atomic E-state index is 11.0. The number of rotatable bonds is 0. The first-order valence-corrected chi connectivity index (χ1v) is 4.09. The van der Waals surface area contributed by atoms with Crippen LogP contribution in [0.1, 0.15) is 19.3 Å². The number of methoxy groups -OCH3 is 1. The summed E-state index contributed by atoms with van der Waals surface area (Å²) in [6.07, 6.45) is 3.64. The highest BCUT2D eigenvalue weighted by molar-refractivity contribution is 5.68. The van der Waals surface area contributed by atoms with Crippen molar-refractivity contribution < 1.29 is 9.53 Å². The third-order valence-electron chi connectivity index (χ3n) is 2.83. The Kier molecular flexibility index (Phi) is 1.34. The average molecular weight is 155 g/mol. The molecule has 0 aromatic heterocycles. The van der Waals surface area contributed by atoms with E-state index < -0.39 is 0 Å². The summed E-state index contributed by atoms with van der Waals surface area (Å²) < 4.78 is 4.64. The molecule has 0 radical (unpaired) electrons. The molecular formula is C8H13NO2. The zero-order chi connectivity index (χ0) is 7.90. The van der Waals surface area contributed by atoms with Gasteiger partial charge in [0.25, 0.3) is 0 Å². The van der Waals surface area contributed by atoms with Gasteiger partial charge in [0.1, 0.15) is 0 Å². The molecule has 0 aromatic carbocycles. The van der Waals surface area contributed by atoms with Gasteiger partial charge in [0.05, 0.1) is 7.11 Å². The van der Waals surface area contributed by atoms with Crippen LogP contribution in [0.25, 0.3) is 0 Å². The molecule has 1 saturated carbocycles. The molecule has 1 aliphatic carbocycles. The summed E-state index contributed by atoms with van der Waals surface area (Å²) in [5, 5.41) is 0. The van der Waals surface area contributed by atoms with Crippen molar-refractivity contribution in [2.45, 2.75) is 19.3 Å². The molecule has 2 rings (SSSR count). The van der Waals surface area contributed by atoms with Crippen molar-refractivity contribution >= 4 is 6.09 Å². The first-order chi connectivity index (χ1) is 5.26. The number of amides is 1. The quantitative estimate of drug-likeness (QED) is 0.526. The Morgan fingerprint density at radius 2 is 2.18 bits per heavy atom. The average Bonchev–Trinajstić information content (AvgIpc) is 2.61. The zero-order valence-electron chi connectivity index (χ0n) is 6.80. The van der Waals surface area contributed by atoms with Gasteiger partial charge in [0.2, 0.25) is 0 Å². The fraction of sp³-hybridized carbons (Fsp3) is 0.875. The van der Waals surface area contributed by atoms with Gasteiger partial charge in [0, 0.05) is 13.1 Å². The molecule has 2 aliphatic rings. The van der Waals surface area contributed by atoms with E-state index in [2.05, 4.69) is 4.74 Å². The lowest BCUT2D eigenvalue weighted by atomic mass is 10.1. The predicted molar refractivity (Wildman–Crippen MR) is 40.3 cm³/mol. The number of hydrogen-bond acceptors (Lipinski definition) is 2. The minimum Gasteiger partial charge on any atom is -0.453 e. The van der Waals surface area contributed by atoms with E-state index in [-0.39, 0.29) is 6.09 Å². The summed E-state index contributed by atoms with van der Waals surface area (Å²) in [7, 11) is 1.44. The predicted octanol–water partition coefficient (Wildman–Crippen LogP) is 1.24. The SMILES string of the molecule is COC(=O)N1CCC2(CC2)C1. The van der Waals surface area contributed by atoms with Crippen LogP contribution in [-0.4, -0.2) is 31.2 Å². The molecule has 1 aliphatic heterocycles. The van der Waals surface area contributed by atoms with Crippen molar-refractivity contribution in [3.05, 3.63) is 0 Å². The van der Waals surface area contributed by atoms with Crippen LogP contribution in [0, 0.1) is 5.41 Å². The summed E-state index contributed by atoms with van der Waals surface area (Å²) >= 11 is 0. The fourth-order valence-corrected chi connectivity index (χ4v) is 1.80. The zero-order valence-corrected chi connectivity index (χ0v) is 6.80. The maximum absolute atomic E-state index is 11.0. The van der Waals surface area contributed by atoms with Crippen LogP contribution < -0.4 is 0 Å². The lowest BCUT2D eigenvalue weighted by Crippen LogP contribution is -2.28. The van der Waals surface area contributed by atoms with Crippen LogP contribution in [0.2, 0.25) is 0 Å². The van der Waals surface area contributed by atoms with Crippen LogP contribution in [0.5, 0.6) is 0 Å². The summed E-state index contributed by atoms with van der Waals surface area (Å²) in [5.41, 5.74) is 0.522. The van der Waals surface area contributed by atoms with Gasteiger partial charge in [-0.2, -0.15) is 0 Å². The van der Waals surface area contributed by atoms with Crippen LogP contribution in [0.15, 0.2) is 0 Å².